The average Bonchev–Trinajstić information content (AvgIpc) is 3.03. The molecule has 172 valence electrons. The van der Waals surface area contributed by atoms with E-state index in [1.807, 2.05) is 20.8 Å². The van der Waals surface area contributed by atoms with E-state index in [-0.39, 0.29) is 23.8 Å². The third-order valence-electron chi connectivity index (χ3n) is 5.78. The van der Waals surface area contributed by atoms with Crippen LogP contribution < -0.4 is 16.0 Å². The van der Waals surface area contributed by atoms with Gasteiger partial charge in [0.25, 0.3) is 5.91 Å². The van der Waals surface area contributed by atoms with Gasteiger partial charge in [-0.1, -0.05) is 6.58 Å². The fourth-order valence-corrected chi connectivity index (χ4v) is 4.00. The molecule has 1 aromatic rings. The van der Waals surface area contributed by atoms with Crippen LogP contribution in [0.4, 0.5) is 10.5 Å². The zero-order valence-corrected chi connectivity index (χ0v) is 18.7. The van der Waals surface area contributed by atoms with Gasteiger partial charge in [-0.05, 0) is 64.0 Å². The van der Waals surface area contributed by atoms with Crippen molar-refractivity contribution in [2.45, 2.75) is 45.3 Å². The van der Waals surface area contributed by atoms with Crippen LogP contribution in [-0.4, -0.2) is 60.0 Å². The van der Waals surface area contributed by atoms with Crippen molar-refractivity contribution in [1.29, 1.82) is 0 Å². The predicted octanol–water partition coefficient (Wildman–Crippen LogP) is 2.06. The molecule has 32 heavy (non-hydrogen) atoms. The average molecular weight is 443 g/mol. The molecule has 3 N–H and O–H groups in total. The number of likely N-dealkylation sites (tertiary alicyclic amines) is 1. The van der Waals surface area contributed by atoms with Crippen molar-refractivity contribution < 1.29 is 23.9 Å². The van der Waals surface area contributed by atoms with E-state index in [1.54, 1.807) is 29.2 Å². The van der Waals surface area contributed by atoms with Gasteiger partial charge in [-0.3, -0.25) is 14.4 Å². The van der Waals surface area contributed by atoms with Crippen molar-refractivity contribution in [2.75, 3.05) is 25.0 Å². The van der Waals surface area contributed by atoms with Crippen LogP contribution in [0, 0.1) is 5.41 Å². The molecular weight excluding hydrogens is 412 g/mol. The first-order valence-electron chi connectivity index (χ1n) is 10.6. The largest absolute Gasteiger partial charge is 0.444 e. The first-order valence-corrected chi connectivity index (χ1v) is 10.6. The minimum absolute atomic E-state index is 0.223. The van der Waals surface area contributed by atoms with E-state index < -0.39 is 17.1 Å². The summed E-state index contributed by atoms with van der Waals surface area (Å²) >= 11 is 0. The lowest BCUT2D eigenvalue weighted by Crippen LogP contribution is -2.54. The molecule has 0 aromatic heterocycles. The highest BCUT2D eigenvalue weighted by Gasteiger charge is 2.51. The van der Waals surface area contributed by atoms with E-state index in [9.17, 15) is 19.2 Å². The zero-order valence-electron chi connectivity index (χ0n) is 18.7. The Kier molecular flexibility index (Phi) is 6.57. The molecule has 9 heteroatoms. The van der Waals surface area contributed by atoms with Gasteiger partial charge < -0.3 is 25.6 Å². The van der Waals surface area contributed by atoms with Crippen LogP contribution in [-0.2, 0) is 14.3 Å². The van der Waals surface area contributed by atoms with Gasteiger partial charge in [0, 0.05) is 36.3 Å². The van der Waals surface area contributed by atoms with Gasteiger partial charge >= 0.3 is 6.09 Å². The molecule has 9 nitrogen and oxygen atoms in total. The van der Waals surface area contributed by atoms with Gasteiger partial charge in [-0.15, -0.1) is 0 Å². The number of piperidine rings is 1. The minimum atomic E-state index is -0.684. The number of rotatable bonds is 4. The summed E-state index contributed by atoms with van der Waals surface area (Å²) in [6.07, 6.45) is 1.94. The summed E-state index contributed by atoms with van der Waals surface area (Å²) in [4.78, 5) is 50.7. The first kappa shape index (κ1) is 23.3. The van der Waals surface area contributed by atoms with Gasteiger partial charge in [0.1, 0.15) is 11.6 Å². The lowest BCUT2D eigenvalue weighted by molar-refractivity contribution is -0.122. The van der Waals surface area contributed by atoms with Gasteiger partial charge in [0.2, 0.25) is 11.8 Å². The zero-order chi connectivity index (χ0) is 23.5. The molecule has 1 aromatic carbocycles. The summed E-state index contributed by atoms with van der Waals surface area (Å²) in [6, 6.07) is 5.70. The Morgan fingerprint density at radius 1 is 1.19 bits per heavy atom. The van der Waals surface area contributed by atoms with Gasteiger partial charge in [0.05, 0.1) is 0 Å². The molecule has 1 atom stereocenters. The van der Waals surface area contributed by atoms with E-state index in [0.29, 0.717) is 43.7 Å². The number of anilines is 1. The van der Waals surface area contributed by atoms with Crippen LogP contribution in [0.5, 0.6) is 0 Å². The molecule has 3 rings (SSSR count). The molecule has 1 unspecified atom stereocenters. The summed E-state index contributed by atoms with van der Waals surface area (Å²) in [5.74, 6) is -0.939. The number of ether oxygens (including phenoxy) is 1. The van der Waals surface area contributed by atoms with Crippen LogP contribution in [0.2, 0.25) is 0 Å². The Hall–Kier alpha value is -3.36. The highest BCUT2D eigenvalue weighted by molar-refractivity contribution is 6.01. The topological polar surface area (TPSA) is 117 Å². The maximum atomic E-state index is 12.8. The van der Waals surface area contributed by atoms with E-state index in [1.165, 1.54) is 0 Å². The monoisotopic (exact) mass is 442 g/mol. The number of hydrogen-bond donors (Lipinski definition) is 3. The molecule has 2 aliphatic rings. The molecule has 0 bridgehead atoms. The molecule has 2 saturated heterocycles. The third-order valence-corrected chi connectivity index (χ3v) is 5.78. The molecule has 0 radical (unpaired) electrons. The quantitative estimate of drug-likeness (QED) is 0.617. The lowest BCUT2D eigenvalue weighted by Gasteiger charge is -2.41. The summed E-state index contributed by atoms with van der Waals surface area (Å²) in [5.41, 5.74) is -0.112. The van der Waals surface area contributed by atoms with Crippen molar-refractivity contribution in [3.63, 3.8) is 0 Å². The molecule has 2 aliphatic heterocycles. The Morgan fingerprint density at radius 2 is 1.81 bits per heavy atom. The van der Waals surface area contributed by atoms with Crippen molar-refractivity contribution in [1.82, 2.24) is 15.5 Å². The smallest absolute Gasteiger partial charge is 0.410 e. The number of amides is 4. The second-order valence-electron chi connectivity index (χ2n) is 9.22. The molecular formula is C23H30N4O5. The van der Waals surface area contributed by atoms with Gasteiger partial charge in [-0.2, -0.15) is 0 Å². The Morgan fingerprint density at radius 3 is 2.38 bits per heavy atom. The summed E-state index contributed by atoms with van der Waals surface area (Å²) in [5, 5.41) is 8.35. The normalized spacial score (nSPS) is 19.8. The van der Waals surface area contributed by atoms with Crippen LogP contribution in [0.3, 0.4) is 0 Å². The Balaban J connectivity index is 1.64. The number of carbonyl (C=O) groups is 4. The number of benzene rings is 1. The Labute approximate surface area is 187 Å². The van der Waals surface area contributed by atoms with Crippen molar-refractivity contribution in [3.8, 4) is 0 Å². The maximum absolute atomic E-state index is 12.8. The second kappa shape index (κ2) is 9.02. The summed E-state index contributed by atoms with van der Waals surface area (Å²) in [6.45, 7) is 10.2. The highest BCUT2D eigenvalue weighted by Crippen LogP contribution is 2.38. The molecule has 0 saturated carbocycles. The number of nitrogens with zero attached hydrogens (tertiary/aromatic N) is 1. The summed E-state index contributed by atoms with van der Waals surface area (Å²) < 4.78 is 5.44. The highest BCUT2D eigenvalue weighted by atomic mass is 16.6. The van der Waals surface area contributed by atoms with Crippen molar-refractivity contribution in [3.05, 3.63) is 42.5 Å². The predicted molar refractivity (Wildman–Crippen MR) is 119 cm³/mol. The van der Waals surface area contributed by atoms with Crippen molar-refractivity contribution >= 4 is 29.5 Å². The fourth-order valence-electron chi connectivity index (χ4n) is 4.00. The standard InChI is InChI=1S/C23H30N4O5/c1-5-17(28)25-16-8-6-15(7-9-16)19(29)26-18-20(30)24-14-23(18)10-12-27(13-11-23)21(31)32-22(2,3)4/h5-9,18H,1,10-14H2,2-4H3,(H,24,30)(H,25,28)(H,26,29). The minimum Gasteiger partial charge on any atom is -0.444 e. The van der Waals surface area contributed by atoms with Gasteiger partial charge in [0.15, 0.2) is 0 Å². The lowest BCUT2D eigenvalue weighted by atomic mass is 9.74. The SMILES string of the molecule is C=CC(=O)Nc1ccc(C(=O)NC2C(=O)NCC23CCN(C(=O)OC(C)(C)C)CC3)cc1. The van der Waals surface area contributed by atoms with Crippen LogP contribution in [0.15, 0.2) is 36.9 Å². The fraction of sp³-hybridized carbons (Fsp3) is 0.478. The number of nitrogens with one attached hydrogen (secondary N) is 3. The van der Waals surface area contributed by atoms with E-state index >= 15 is 0 Å². The van der Waals surface area contributed by atoms with E-state index in [0.717, 1.165) is 6.08 Å². The summed E-state index contributed by atoms with van der Waals surface area (Å²) in [7, 11) is 0. The molecule has 4 amide bonds. The first-order chi connectivity index (χ1) is 15.0. The van der Waals surface area contributed by atoms with Gasteiger partial charge in [-0.25, -0.2) is 4.79 Å². The van der Waals surface area contributed by atoms with E-state index in [2.05, 4.69) is 22.5 Å². The van der Waals surface area contributed by atoms with Crippen LogP contribution >= 0.6 is 0 Å². The molecule has 1 spiro atoms. The molecule has 0 aliphatic carbocycles. The maximum Gasteiger partial charge on any atom is 0.410 e. The third kappa shape index (κ3) is 5.27. The Bertz CT molecular complexity index is 911. The molecule has 2 heterocycles. The van der Waals surface area contributed by atoms with Crippen LogP contribution in [0.25, 0.3) is 0 Å². The van der Waals surface area contributed by atoms with Crippen LogP contribution in [0.1, 0.15) is 44.0 Å². The van der Waals surface area contributed by atoms with Crippen molar-refractivity contribution in [2.24, 2.45) is 5.41 Å². The molecule has 2 fully saturated rings. The number of hydrogen-bond acceptors (Lipinski definition) is 5. The number of carbonyl (C=O) groups excluding carboxylic acids is 4. The second-order valence-corrected chi connectivity index (χ2v) is 9.22. The van der Waals surface area contributed by atoms with E-state index in [4.69, 9.17) is 4.74 Å².